The second-order valence-corrected chi connectivity index (χ2v) is 13.8. The Hall–Kier alpha value is -1.49. The van der Waals surface area contributed by atoms with Crippen LogP contribution in [0, 0.1) is 28.6 Å². The fourth-order valence-electron chi connectivity index (χ4n) is 8.07. The minimum Gasteiger partial charge on any atom is -0.390 e. The summed E-state index contributed by atoms with van der Waals surface area (Å²) in [5, 5.41) is 25.6. The normalized spacial score (nSPS) is 42.4. The third kappa shape index (κ3) is 4.16. The van der Waals surface area contributed by atoms with Gasteiger partial charge in [0.05, 0.1) is 17.9 Å². The molecule has 0 aromatic heterocycles. The van der Waals surface area contributed by atoms with Gasteiger partial charge in [0.2, 0.25) is 11.5 Å². The Morgan fingerprint density at radius 1 is 1.32 bits per heavy atom. The molecule has 1 unspecified atom stereocenters. The highest BCUT2D eigenvalue weighted by Crippen LogP contribution is 2.70. The van der Waals surface area contributed by atoms with Gasteiger partial charge >= 0.3 is 0 Å². The first-order chi connectivity index (χ1) is 17.8. The summed E-state index contributed by atoms with van der Waals surface area (Å²) in [5.41, 5.74) is -5.42. The maximum absolute atomic E-state index is 17.3. The van der Waals surface area contributed by atoms with E-state index in [0.717, 1.165) is 11.8 Å². The Morgan fingerprint density at radius 3 is 2.68 bits per heavy atom. The number of carbonyl (C=O) groups is 4. The van der Waals surface area contributed by atoms with Crippen molar-refractivity contribution in [3.05, 3.63) is 23.8 Å². The summed E-state index contributed by atoms with van der Waals surface area (Å²) in [6.45, 7) is 5.29. The van der Waals surface area contributed by atoms with Crippen molar-refractivity contribution in [2.24, 2.45) is 28.6 Å². The molecule has 1 amide bonds. The number of nitrogens with one attached hydrogen (secondary N) is 1. The van der Waals surface area contributed by atoms with Crippen molar-refractivity contribution in [1.82, 2.24) is 5.32 Å². The maximum atomic E-state index is 17.3. The van der Waals surface area contributed by atoms with E-state index in [4.69, 9.17) is 0 Å². The zero-order valence-electron chi connectivity index (χ0n) is 22.4. The van der Waals surface area contributed by atoms with Crippen molar-refractivity contribution in [3.8, 4) is 0 Å². The zero-order chi connectivity index (χ0) is 28.1. The van der Waals surface area contributed by atoms with Gasteiger partial charge in [0, 0.05) is 16.7 Å². The van der Waals surface area contributed by atoms with E-state index in [1.54, 1.807) is 38.6 Å². The average Bonchev–Trinajstić information content (AvgIpc) is 3.07. The van der Waals surface area contributed by atoms with Gasteiger partial charge in [-0.15, -0.1) is 0 Å². The van der Waals surface area contributed by atoms with Crippen molar-refractivity contribution in [1.29, 1.82) is 0 Å². The van der Waals surface area contributed by atoms with Crippen molar-refractivity contribution in [2.75, 3.05) is 17.8 Å². The van der Waals surface area contributed by atoms with Gasteiger partial charge in [0.25, 0.3) is 0 Å². The highest BCUT2D eigenvalue weighted by Gasteiger charge is 2.75. The standard InChI is InChI=1S/C28H38FNO6S2/c1-16-11-20-19-6-5-17-12-18(32)7-9-25(17,2)27(19,29)22(33)13-26(20,3)28(16,36)23(34)14-38-24(35)21(30-15-31)8-10-37-4/h7,9,12,15-16,19-22,33,36H,5-6,8,10-11,13-14H2,1-4H3,(H,30,31)/t16-,19+,20+,21?,22+,25+,26+,27+,28+/m1/s1. The van der Waals surface area contributed by atoms with Crippen LogP contribution in [0.5, 0.6) is 0 Å². The fourth-order valence-corrected chi connectivity index (χ4v) is 9.43. The number of amides is 1. The quantitative estimate of drug-likeness (QED) is 0.364. The number of rotatable bonds is 9. The van der Waals surface area contributed by atoms with E-state index in [1.165, 1.54) is 12.2 Å². The lowest BCUT2D eigenvalue weighted by Crippen LogP contribution is -2.69. The Labute approximate surface area is 231 Å². The summed E-state index contributed by atoms with van der Waals surface area (Å²) in [4.78, 5) is 49.4. The molecule has 0 saturated heterocycles. The lowest BCUT2D eigenvalue weighted by molar-refractivity contribution is -0.218. The maximum Gasteiger partial charge on any atom is 0.211 e. The number of halogens is 1. The fraction of sp³-hybridized carbons (Fsp3) is 0.714. The van der Waals surface area contributed by atoms with Crippen molar-refractivity contribution < 1.29 is 33.8 Å². The molecule has 0 heterocycles. The van der Waals surface area contributed by atoms with Crippen LogP contribution in [0.2, 0.25) is 0 Å². The van der Waals surface area contributed by atoms with E-state index in [1.807, 2.05) is 6.26 Å². The van der Waals surface area contributed by atoms with Gasteiger partial charge in [-0.2, -0.15) is 11.8 Å². The number of hydrogen-bond donors (Lipinski definition) is 3. The number of hydrogen-bond acceptors (Lipinski definition) is 8. The lowest BCUT2D eigenvalue weighted by Gasteiger charge is -2.62. The van der Waals surface area contributed by atoms with E-state index in [2.05, 4.69) is 5.32 Å². The average molecular weight is 568 g/mol. The van der Waals surface area contributed by atoms with Crippen LogP contribution in [0.1, 0.15) is 52.9 Å². The summed E-state index contributed by atoms with van der Waals surface area (Å²) in [6.07, 6.45) is 7.01. The molecule has 3 fully saturated rings. The molecule has 3 saturated carbocycles. The topological polar surface area (TPSA) is 121 Å². The van der Waals surface area contributed by atoms with E-state index in [0.29, 0.717) is 43.4 Å². The number of thioether (sulfide) groups is 2. The van der Waals surface area contributed by atoms with Crippen LogP contribution in [-0.4, -0.2) is 74.5 Å². The number of ketones is 2. The number of carbonyl (C=O) groups excluding carboxylic acids is 4. The third-order valence-electron chi connectivity index (χ3n) is 10.2. The van der Waals surface area contributed by atoms with Crippen LogP contribution >= 0.6 is 23.5 Å². The largest absolute Gasteiger partial charge is 0.390 e. The second-order valence-electron chi connectivity index (χ2n) is 11.8. The molecule has 9 atom stereocenters. The Kier molecular flexibility index (Phi) is 8.14. The highest BCUT2D eigenvalue weighted by molar-refractivity contribution is 8.14. The van der Waals surface area contributed by atoms with Crippen molar-refractivity contribution >= 4 is 46.6 Å². The summed E-state index contributed by atoms with van der Waals surface area (Å²) < 4.78 is 17.3. The molecule has 10 heteroatoms. The van der Waals surface area contributed by atoms with Gasteiger partial charge in [-0.25, -0.2) is 4.39 Å². The summed E-state index contributed by atoms with van der Waals surface area (Å²) in [6, 6.07) is -0.721. The van der Waals surface area contributed by atoms with Gasteiger partial charge in [0.15, 0.2) is 17.2 Å². The first-order valence-electron chi connectivity index (χ1n) is 13.2. The molecule has 0 aromatic rings. The van der Waals surface area contributed by atoms with Crippen molar-refractivity contribution in [2.45, 2.75) is 76.3 Å². The molecule has 7 nitrogen and oxygen atoms in total. The third-order valence-corrected chi connectivity index (χ3v) is 11.8. The van der Waals surface area contributed by atoms with Crippen LogP contribution in [0.3, 0.4) is 0 Å². The summed E-state index contributed by atoms with van der Waals surface area (Å²) in [5.74, 6) is -1.77. The number of aliphatic hydroxyl groups excluding tert-OH is 1. The lowest BCUT2D eigenvalue weighted by atomic mass is 9.44. The molecule has 4 aliphatic rings. The van der Waals surface area contributed by atoms with Crippen LogP contribution in [0.15, 0.2) is 23.8 Å². The van der Waals surface area contributed by atoms with E-state index in [9.17, 15) is 29.4 Å². The van der Waals surface area contributed by atoms with Crippen LogP contribution < -0.4 is 5.32 Å². The molecule has 0 radical (unpaired) electrons. The molecule has 38 heavy (non-hydrogen) atoms. The van der Waals surface area contributed by atoms with Gasteiger partial charge in [-0.1, -0.05) is 37.3 Å². The van der Waals surface area contributed by atoms with Crippen molar-refractivity contribution in [3.63, 3.8) is 0 Å². The SMILES string of the molecule is CSCCC(NC=O)C(=O)SCC(=O)[C@@]1(O)[C@H](C)C[C@H]2[C@@H]3CCC4=CC(=O)C=C[C@]4(C)[C@@]3(F)[C@@H](O)C[C@@]21C. The molecule has 0 spiro atoms. The van der Waals surface area contributed by atoms with E-state index >= 15 is 4.39 Å². The smallest absolute Gasteiger partial charge is 0.211 e. The van der Waals surface area contributed by atoms with E-state index < -0.39 is 51.9 Å². The Morgan fingerprint density at radius 2 is 2.03 bits per heavy atom. The predicted octanol–water partition coefficient (Wildman–Crippen LogP) is 3.03. The molecule has 4 aliphatic carbocycles. The number of Topliss-reactive ketones (excluding diaryl/α,β-unsaturated/α-hetero) is 1. The molecular weight excluding hydrogens is 529 g/mol. The molecule has 210 valence electrons. The van der Waals surface area contributed by atoms with Crippen LogP contribution in [0.25, 0.3) is 0 Å². The van der Waals surface area contributed by atoms with Crippen LogP contribution in [-0.2, 0) is 19.2 Å². The summed E-state index contributed by atoms with van der Waals surface area (Å²) >= 11 is 2.32. The summed E-state index contributed by atoms with van der Waals surface area (Å²) in [7, 11) is 0. The highest BCUT2D eigenvalue weighted by atomic mass is 32.2. The van der Waals surface area contributed by atoms with Gasteiger partial charge in [0.1, 0.15) is 5.60 Å². The number of aliphatic hydroxyl groups is 2. The molecule has 0 aliphatic heterocycles. The zero-order valence-corrected chi connectivity index (χ0v) is 24.0. The number of alkyl halides is 1. The minimum absolute atomic E-state index is 0.108. The predicted molar refractivity (Wildman–Crippen MR) is 146 cm³/mol. The number of allylic oxidation sites excluding steroid dienone is 4. The van der Waals surface area contributed by atoms with Crippen LogP contribution in [0.4, 0.5) is 4.39 Å². The van der Waals surface area contributed by atoms with Gasteiger partial charge in [-0.3, -0.25) is 19.2 Å². The van der Waals surface area contributed by atoms with E-state index in [-0.39, 0.29) is 29.0 Å². The molecule has 4 rings (SSSR count). The molecular formula is C28H38FNO6S2. The van der Waals surface area contributed by atoms with Gasteiger partial charge < -0.3 is 15.5 Å². The first kappa shape index (κ1) is 29.5. The Bertz CT molecular complexity index is 1080. The second kappa shape index (κ2) is 10.5. The monoisotopic (exact) mass is 567 g/mol. The first-order valence-corrected chi connectivity index (χ1v) is 15.6. The number of fused-ring (bicyclic) bond motifs is 5. The minimum atomic E-state index is -2.04. The molecule has 0 bridgehead atoms. The molecule has 3 N–H and O–H groups in total. The Balaban J connectivity index is 1.59. The van der Waals surface area contributed by atoms with Gasteiger partial charge in [-0.05, 0) is 75.0 Å². The molecule has 0 aromatic carbocycles.